The van der Waals surface area contributed by atoms with Crippen LogP contribution in [-0.2, 0) is 4.74 Å². The van der Waals surface area contributed by atoms with Gasteiger partial charge >= 0.3 is 0 Å². The molecule has 2 rings (SSSR count). The second kappa shape index (κ2) is 2.99. The van der Waals surface area contributed by atoms with Gasteiger partial charge in [0.2, 0.25) is 5.89 Å². The van der Waals surface area contributed by atoms with Crippen LogP contribution in [0.25, 0.3) is 0 Å². The van der Waals surface area contributed by atoms with Crippen LogP contribution in [0.1, 0.15) is 25.3 Å². The molecule has 1 aliphatic heterocycles. The van der Waals surface area contributed by atoms with Crippen LogP contribution in [0.15, 0.2) is 4.42 Å². The minimum atomic E-state index is -0.0158. The molecule has 0 bridgehead atoms. The Bertz CT molecular complexity index is 319. The summed E-state index contributed by atoms with van der Waals surface area (Å²) in [5.74, 6) is 1.04. The Hall–Kier alpha value is -0.680. The molecule has 1 aromatic rings. The summed E-state index contributed by atoms with van der Waals surface area (Å²) in [4.78, 5) is 0.313. The standard InChI is InChI=1S/C7H10N2O2S/c1-4-2-3-10-5(4)6-8-9-7(12)11-6/h4-5H,2-3H2,1H3,(H,9,12). The topological polar surface area (TPSA) is 51.0 Å². The third-order valence-corrected chi connectivity index (χ3v) is 2.26. The van der Waals surface area contributed by atoms with E-state index in [1.165, 1.54) is 0 Å². The average molecular weight is 186 g/mol. The smallest absolute Gasteiger partial charge is 0.284 e. The predicted molar refractivity (Wildman–Crippen MR) is 44.2 cm³/mol. The molecule has 1 N–H and O–H groups in total. The van der Waals surface area contributed by atoms with Crippen molar-refractivity contribution < 1.29 is 9.15 Å². The van der Waals surface area contributed by atoms with Gasteiger partial charge < -0.3 is 9.15 Å². The van der Waals surface area contributed by atoms with Gasteiger partial charge in [0, 0.05) is 6.61 Å². The van der Waals surface area contributed by atoms with Crippen LogP contribution in [0.4, 0.5) is 0 Å². The Kier molecular flexibility index (Phi) is 1.98. The molecule has 12 heavy (non-hydrogen) atoms. The summed E-state index contributed by atoms with van der Waals surface area (Å²) in [5, 5.41) is 6.51. The summed E-state index contributed by atoms with van der Waals surface area (Å²) < 4.78 is 10.6. The average Bonchev–Trinajstić information content (AvgIpc) is 2.58. The zero-order chi connectivity index (χ0) is 8.55. The molecular formula is C7H10N2O2S. The van der Waals surface area contributed by atoms with Gasteiger partial charge in [-0.1, -0.05) is 6.92 Å². The highest BCUT2D eigenvalue weighted by atomic mass is 32.1. The fraction of sp³-hybridized carbons (Fsp3) is 0.714. The number of aromatic amines is 1. The zero-order valence-corrected chi connectivity index (χ0v) is 7.56. The quantitative estimate of drug-likeness (QED) is 0.680. The van der Waals surface area contributed by atoms with E-state index in [9.17, 15) is 0 Å². The highest BCUT2D eigenvalue weighted by Crippen LogP contribution is 2.32. The van der Waals surface area contributed by atoms with E-state index in [-0.39, 0.29) is 6.10 Å². The molecule has 0 radical (unpaired) electrons. The monoisotopic (exact) mass is 186 g/mol. The van der Waals surface area contributed by atoms with Crippen molar-refractivity contribution in [2.75, 3.05) is 6.61 Å². The van der Waals surface area contributed by atoms with E-state index in [0.717, 1.165) is 13.0 Å². The van der Waals surface area contributed by atoms with Gasteiger partial charge in [0.15, 0.2) is 0 Å². The molecule has 4 nitrogen and oxygen atoms in total. The van der Waals surface area contributed by atoms with Gasteiger partial charge in [-0.25, -0.2) is 5.10 Å². The van der Waals surface area contributed by atoms with Crippen LogP contribution < -0.4 is 0 Å². The third kappa shape index (κ3) is 1.30. The van der Waals surface area contributed by atoms with Crippen molar-refractivity contribution in [2.24, 2.45) is 5.92 Å². The number of ether oxygens (including phenoxy) is 1. The molecule has 1 fully saturated rings. The molecule has 2 atom stereocenters. The van der Waals surface area contributed by atoms with Gasteiger partial charge in [-0.2, -0.15) is 0 Å². The van der Waals surface area contributed by atoms with Crippen molar-refractivity contribution in [3.05, 3.63) is 10.7 Å². The maximum atomic E-state index is 5.44. The van der Waals surface area contributed by atoms with Gasteiger partial charge in [0.25, 0.3) is 4.84 Å². The van der Waals surface area contributed by atoms with Crippen molar-refractivity contribution in [3.8, 4) is 0 Å². The lowest BCUT2D eigenvalue weighted by atomic mass is 10.0. The number of nitrogens with one attached hydrogen (secondary N) is 1. The Labute approximate surface area is 74.9 Å². The first-order valence-electron chi connectivity index (χ1n) is 3.94. The van der Waals surface area contributed by atoms with E-state index < -0.39 is 0 Å². The van der Waals surface area contributed by atoms with Crippen LogP contribution in [-0.4, -0.2) is 16.8 Å². The van der Waals surface area contributed by atoms with E-state index >= 15 is 0 Å². The molecule has 1 saturated heterocycles. The Morgan fingerprint density at radius 2 is 2.50 bits per heavy atom. The highest BCUT2D eigenvalue weighted by molar-refractivity contribution is 7.71. The molecule has 1 aromatic heterocycles. The molecule has 1 aliphatic rings. The molecule has 5 heteroatoms. The SMILES string of the molecule is CC1CCOC1c1n[nH]c(=S)o1. The van der Waals surface area contributed by atoms with Crippen LogP contribution in [0, 0.1) is 10.8 Å². The summed E-state index contributed by atoms with van der Waals surface area (Å²) in [6.07, 6.45) is 1.04. The maximum Gasteiger partial charge on any atom is 0.284 e. The fourth-order valence-electron chi connectivity index (χ4n) is 1.37. The van der Waals surface area contributed by atoms with Crippen LogP contribution >= 0.6 is 12.2 Å². The number of nitrogens with zero attached hydrogens (tertiary/aromatic N) is 1. The molecule has 0 aliphatic carbocycles. The van der Waals surface area contributed by atoms with Gasteiger partial charge in [0.05, 0.1) is 0 Å². The van der Waals surface area contributed by atoms with Crippen LogP contribution in [0.2, 0.25) is 0 Å². The second-order valence-corrected chi connectivity index (χ2v) is 3.38. The number of aromatic nitrogens is 2. The molecule has 66 valence electrons. The van der Waals surface area contributed by atoms with Crippen molar-refractivity contribution in [2.45, 2.75) is 19.4 Å². The normalized spacial score (nSPS) is 29.4. The van der Waals surface area contributed by atoms with Crippen molar-refractivity contribution in [3.63, 3.8) is 0 Å². The van der Waals surface area contributed by atoms with Gasteiger partial charge in [0.1, 0.15) is 6.10 Å². The number of H-pyrrole nitrogens is 1. The lowest BCUT2D eigenvalue weighted by Crippen LogP contribution is -2.03. The zero-order valence-electron chi connectivity index (χ0n) is 6.74. The van der Waals surface area contributed by atoms with E-state index in [1.807, 2.05) is 0 Å². The van der Waals surface area contributed by atoms with Crippen LogP contribution in [0.3, 0.4) is 0 Å². The predicted octanol–water partition coefficient (Wildman–Crippen LogP) is 1.83. The number of hydrogen-bond donors (Lipinski definition) is 1. The summed E-state index contributed by atoms with van der Waals surface area (Å²) in [6, 6.07) is 0. The summed E-state index contributed by atoms with van der Waals surface area (Å²) >= 11 is 4.77. The van der Waals surface area contributed by atoms with Gasteiger partial charge in [-0.05, 0) is 24.6 Å². The minimum absolute atomic E-state index is 0.0158. The lowest BCUT2D eigenvalue weighted by molar-refractivity contribution is 0.0710. The highest BCUT2D eigenvalue weighted by Gasteiger charge is 2.29. The van der Waals surface area contributed by atoms with Gasteiger partial charge in [-0.3, -0.25) is 0 Å². The number of hydrogen-bond acceptors (Lipinski definition) is 4. The molecule has 0 spiro atoms. The van der Waals surface area contributed by atoms with E-state index in [0.29, 0.717) is 16.6 Å². The lowest BCUT2D eigenvalue weighted by Gasteiger charge is -2.07. The molecular weight excluding hydrogens is 176 g/mol. The van der Waals surface area contributed by atoms with Crippen molar-refractivity contribution in [1.29, 1.82) is 0 Å². The molecule has 0 aromatic carbocycles. The van der Waals surface area contributed by atoms with E-state index in [2.05, 4.69) is 17.1 Å². The van der Waals surface area contributed by atoms with Gasteiger partial charge in [-0.15, -0.1) is 5.10 Å². The van der Waals surface area contributed by atoms with Crippen molar-refractivity contribution >= 4 is 12.2 Å². The first kappa shape index (κ1) is 7.94. The second-order valence-electron chi connectivity index (χ2n) is 3.01. The third-order valence-electron chi connectivity index (χ3n) is 2.09. The van der Waals surface area contributed by atoms with E-state index in [4.69, 9.17) is 21.4 Å². The van der Waals surface area contributed by atoms with Crippen LogP contribution in [0.5, 0.6) is 0 Å². The maximum absolute atomic E-state index is 5.44. The van der Waals surface area contributed by atoms with Crippen molar-refractivity contribution in [1.82, 2.24) is 10.2 Å². The molecule has 2 heterocycles. The Morgan fingerprint density at radius 1 is 1.67 bits per heavy atom. The Balaban J connectivity index is 2.24. The minimum Gasteiger partial charge on any atom is -0.411 e. The largest absolute Gasteiger partial charge is 0.411 e. The van der Waals surface area contributed by atoms with E-state index in [1.54, 1.807) is 0 Å². The molecule has 0 amide bonds. The molecule has 0 saturated carbocycles. The summed E-state index contributed by atoms with van der Waals surface area (Å²) in [7, 11) is 0. The fourth-order valence-corrected chi connectivity index (χ4v) is 1.51. The summed E-state index contributed by atoms with van der Waals surface area (Å²) in [6.45, 7) is 2.89. The first-order chi connectivity index (χ1) is 5.77. The Morgan fingerprint density at radius 3 is 3.00 bits per heavy atom. The molecule has 2 unspecified atom stereocenters. The number of rotatable bonds is 1. The first-order valence-corrected chi connectivity index (χ1v) is 4.35. The summed E-state index contributed by atoms with van der Waals surface area (Å²) in [5.41, 5.74) is 0.